The first-order valence-corrected chi connectivity index (χ1v) is 13.0. The van der Waals surface area contributed by atoms with Crippen LogP contribution >= 0.6 is 11.8 Å². The van der Waals surface area contributed by atoms with E-state index in [1.807, 2.05) is 24.8 Å². The van der Waals surface area contributed by atoms with Crippen LogP contribution in [0, 0.1) is 13.8 Å². The molecule has 2 heterocycles. The molecule has 1 unspecified atom stereocenters. The summed E-state index contributed by atoms with van der Waals surface area (Å²) in [7, 11) is 1.75. The van der Waals surface area contributed by atoms with E-state index in [2.05, 4.69) is 60.4 Å². The van der Waals surface area contributed by atoms with Crippen molar-refractivity contribution in [2.75, 3.05) is 26.2 Å². The Morgan fingerprint density at radius 3 is 2.29 bits per heavy atom. The van der Waals surface area contributed by atoms with Crippen LogP contribution in [0.4, 0.5) is 0 Å². The lowest BCUT2D eigenvalue weighted by atomic mass is 10.0. The number of nitrogens with zero attached hydrogens (tertiary/aromatic N) is 4. The van der Waals surface area contributed by atoms with Crippen molar-refractivity contribution < 1.29 is 4.79 Å². The first-order chi connectivity index (χ1) is 16.8. The van der Waals surface area contributed by atoms with Gasteiger partial charge >= 0.3 is 0 Å². The van der Waals surface area contributed by atoms with Crippen LogP contribution in [0.1, 0.15) is 34.9 Å². The Morgan fingerprint density at radius 2 is 1.63 bits per heavy atom. The Morgan fingerprint density at radius 1 is 0.971 bits per heavy atom. The summed E-state index contributed by atoms with van der Waals surface area (Å²) in [6, 6.07) is 18.7. The minimum Gasteiger partial charge on any atom is -0.339 e. The summed E-state index contributed by atoms with van der Waals surface area (Å²) < 4.78 is 1.59. The second-order valence-corrected chi connectivity index (χ2v) is 10.6. The van der Waals surface area contributed by atoms with Gasteiger partial charge in [0.2, 0.25) is 5.91 Å². The largest absolute Gasteiger partial charge is 0.339 e. The predicted molar refractivity (Wildman–Crippen MR) is 142 cm³/mol. The standard InChI is InChI=1S/C28H34N4O2S/c1-20-10-12-23(13-11-20)18-25-21(2)29-28(30(4)27(25)34)35-22(3)26(33)32-16-14-31(15-17-32)19-24-8-6-5-7-9-24/h5-13,22H,14-19H2,1-4H3. The van der Waals surface area contributed by atoms with Crippen molar-refractivity contribution in [3.8, 4) is 0 Å². The highest BCUT2D eigenvalue weighted by Gasteiger charge is 2.27. The van der Waals surface area contributed by atoms with Gasteiger partial charge < -0.3 is 4.90 Å². The molecule has 0 saturated carbocycles. The summed E-state index contributed by atoms with van der Waals surface area (Å²) in [5.74, 6) is 0.102. The first-order valence-electron chi connectivity index (χ1n) is 12.2. The van der Waals surface area contributed by atoms with Gasteiger partial charge in [-0.15, -0.1) is 0 Å². The maximum atomic E-state index is 13.2. The van der Waals surface area contributed by atoms with Crippen LogP contribution in [-0.4, -0.2) is 56.7 Å². The van der Waals surface area contributed by atoms with Crippen molar-refractivity contribution in [1.82, 2.24) is 19.4 Å². The molecule has 35 heavy (non-hydrogen) atoms. The van der Waals surface area contributed by atoms with Gasteiger partial charge in [-0.25, -0.2) is 4.98 Å². The van der Waals surface area contributed by atoms with Gasteiger partial charge in [0.15, 0.2) is 5.16 Å². The van der Waals surface area contributed by atoms with Gasteiger partial charge in [0.05, 0.1) is 5.25 Å². The lowest BCUT2D eigenvalue weighted by molar-refractivity contribution is -0.132. The quantitative estimate of drug-likeness (QED) is 0.372. The number of hydrogen-bond donors (Lipinski definition) is 0. The van der Waals surface area contributed by atoms with Gasteiger partial charge in [-0.2, -0.15) is 0 Å². The van der Waals surface area contributed by atoms with Crippen LogP contribution in [0.25, 0.3) is 0 Å². The van der Waals surface area contributed by atoms with Gasteiger partial charge in [0.1, 0.15) is 0 Å². The van der Waals surface area contributed by atoms with Gasteiger partial charge in [-0.1, -0.05) is 71.9 Å². The van der Waals surface area contributed by atoms with Crippen LogP contribution in [-0.2, 0) is 24.8 Å². The Kier molecular flexibility index (Phi) is 8.08. The van der Waals surface area contributed by atoms with Crippen LogP contribution in [0.5, 0.6) is 0 Å². The van der Waals surface area contributed by atoms with Crippen molar-refractivity contribution in [2.45, 2.75) is 44.1 Å². The topological polar surface area (TPSA) is 58.4 Å². The Bertz CT molecular complexity index is 1220. The highest BCUT2D eigenvalue weighted by Crippen LogP contribution is 2.24. The van der Waals surface area contributed by atoms with Crippen molar-refractivity contribution in [3.63, 3.8) is 0 Å². The first kappa shape index (κ1) is 25.2. The minimum absolute atomic E-state index is 0.0465. The number of thioether (sulfide) groups is 1. The van der Waals surface area contributed by atoms with Gasteiger partial charge in [0.25, 0.3) is 5.56 Å². The number of carbonyl (C=O) groups excluding carboxylic acids is 1. The van der Waals surface area contributed by atoms with E-state index in [1.165, 1.54) is 22.9 Å². The number of benzene rings is 2. The molecule has 1 atom stereocenters. The molecular formula is C28H34N4O2S. The molecule has 184 valence electrons. The zero-order valence-electron chi connectivity index (χ0n) is 21.0. The number of hydrogen-bond acceptors (Lipinski definition) is 5. The van der Waals surface area contributed by atoms with Crippen LogP contribution < -0.4 is 5.56 Å². The van der Waals surface area contributed by atoms with Crippen molar-refractivity contribution in [2.24, 2.45) is 7.05 Å². The van der Waals surface area contributed by atoms with E-state index in [4.69, 9.17) is 4.98 Å². The number of amides is 1. The average Bonchev–Trinajstić information content (AvgIpc) is 2.87. The number of aryl methyl sites for hydroxylation is 2. The molecule has 1 aliphatic rings. The van der Waals surface area contributed by atoms with E-state index in [0.717, 1.165) is 44.0 Å². The summed E-state index contributed by atoms with van der Waals surface area (Å²) in [5.41, 5.74) is 4.96. The van der Waals surface area contributed by atoms with Crippen LogP contribution in [0.3, 0.4) is 0 Å². The summed E-state index contributed by atoms with van der Waals surface area (Å²) in [4.78, 5) is 35.3. The zero-order chi connectivity index (χ0) is 24.9. The molecule has 1 aliphatic heterocycles. The molecule has 4 rings (SSSR count). The second-order valence-electron chi connectivity index (χ2n) is 9.33. The fourth-order valence-electron chi connectivity index (χ4n) is 4.38. The smallest absolute Gasteiger partial charge is 0.257 e. The van der Waals surface area contributed by atoms with E-state index in [0.29, 0.717) is 17.1 Å². The second kappa shape index (κ2) is 11.2. The third-order valence-corrected chi connectivity index (χ3v) is 7.75. The molecule has 0 aliphatic carbocycles. The number of rotatable bonds is 7. The number of piperazine rings is 1. The Labute approximate surface area is 212 Å². The average molecular weight is 491 g/mol. The lowest BCUT2D eigenvalue weighted by Crippen LogP contribution is -2.50. The molecule has 6 nitrogen and oxygen atoms in total. The highest BCUT2D eigenvalue weighted by molar-refractivity contribution is 8.00. The summed E-state index contributed by atoms with van der Waals surface area (Å²) in [6.07, 6.45) is 0.554. The molecular weight excluding hydrogens is 456 g/mol. The Balaban J connectivity index is 1.37. The van der Waals surface area contributed by atoms with E-state index in [-0.39, 0.29) is 16.7 Å². The van der Waals surface area contributed by atoms with Gasteiger partial charge in [0, 0.05) is 57.4 Å². The normalized spacial score (nSPS) is 15.3. The third kappa shape index (κ3) is 6.21. The molecule has 1 amide bonds. The predicted octanol–water partition coefficient (Wildman–Crippen LogP) is 3.81. The monoisotopic (exact) mass is 490 g/mol. The summed E-state index contributed by atoms with van der Waals surface area (Å²) in [5, 5.41) is 0.278. The molecule has 3 aromatic rings. The number of aromatic nitrogens is 2. The summed E-state index contributed by atoms with van der Waals surface area (Å²) >= 11 is 1.37. The molecule has 7 heteroatoms. The SMILES string of the molecule is Cc1ccc(Cc2c(C)nc(SC(C)C(=O)N3CCN(Cc4ccccc4)CC3)n(C)c2=O)cc1. The van der Waals surface area contributed by atoms with E-state index in [1.54, 1.807) is 11.6 Å². The van der Waals surface area contributed by atoms with E-state index >= 15 is 0 Å². The molecule has 0 N–H and O–H groups in total. The minimum atomic E-state index is -0.309. The molecule has 1 saturated heterocycles. The highest BCUT2D eigenvalue weighted by atomic mass is 32.2. The van der Waals surface area contributed by atoms with E-state index < -0.39 is 0 Å². The fraction of sp³-hybridized carbons (Fsp3) is 0.393. The van der Waals surface area contributed by atoms with Crippen LogP contribution in [0.15, 0.2) is 64.5 Å². The summed E-state index contributed by atoms with van der Waals surface area (Å²) in [6.45, 7) is 9.92. The van der Waals surface area contributed by atoms with Crippen molar-refractivity contribution in [3.05, 3.63) is 92.9 Å². The third-order valence-electron chi connectivity index (χ3n) is 6.61. The van der Waals surface area contributed by atoms with Gasteiger partial charge in [-0.05, 0) is 31.9 Å². The molecule has 0 bridgehead atoms. The molecule has 1 fully saturated rings. The molecule has 1 aromatic heterocycles. The van der Waals surface area contributed by atoms with Crippen molar-refractivity contribution in [1.29, 1.82) is 0 Å². The number of carbonyl (C=O) groups is 1. The molecule has 2 aromatic carbocycles. The van der Waals surface area contributed by atoms with Crippen LogP contribution in [0.2, 0.25) is 0 Å². The Hall–Kier alpha value is -2.90. The maximum absolute atomic E-state index is 13.2. The zero-order valence-corrected chi connectivity index (χ0v) is 21.8. The van der Waals surface area contributed by atoms with Gasteiger partial charge in [-0.3, -0.25) is 19.1 Å². The lowest BCUT2D eigenvalue weighted by Gasteiger charge is -2.35. The van der Waals surface area contributed by atoms with Crippen molar-refractivity contribution >= 4 is 17.7 Å². The molecule has 0 radical (unpaired) electrons. The van der Waals surface area contributed by atoms with E-state index in [9.17, 15) is 9.59 Å². The fourth-order valence-corrected chi connectivity index (χ4v) is 5.38. The molecule has 0 spiro atoms. The maximum Gasteiger partial charge on any atom is 0.257 e.